The van der Waals surface area contributed by atoms with Crippen molar-refractivity contribution in [2.24, 2.45) is 0 Å². The molecule has 1 aliphatic carbocycles. The molecule has 2 heteroatoms. The molecule has 0 bridgehead atoms. The van der Waals surface area contributed by atoms with Crippen molar-refractivity contribution in [2.75, 3.05) is 6.54 Å². The molecule has 2 aromatic carbocycles. The summed E-state index contributed by atoms with van der Waals surface area (Å²) in [5.41, 5.74) is 8.49. The quantitative estimate of drug-likeness (QED) is 0.520. The Hall–Kier alpha value is -2.32. The van der Waals surface area contributed by atoms with Gasteiger partial charge in [-0.05, 0) is 60.9 Å². The first kappa shape index (κ1) is 21.4. The maximum Gasteiger partial charge on any atom is 0.0340 e. The summed E-state index contributed by atoms with van der Waals surface area (Å²) < 4.78 is 0. The number of benzene rings is 2. The molecule has 3 rings (SSSR count). The molecule has 1 saturated carbocycles. The van der Waals surface area contributed by atoms with Crippen LogP contribution < -0.4 is 10.6 Å². The van der Waals surface area contributed by atoms with E-state index in [1.165, 1.54) is 59.9 Å². The zero-order chi connectivity index (χ0) is 20.6. The smallest absolute Gasteiger partial charge is 0.0340 e. The van der Waals surface area contributed by atoms with E-state index < -0.39 is 0 Å². The number of aryl methyl sites for hydroxylation is 2. The molecule has 2 aromatic rings. The summed E-state index contributed by atoms with van der Waals surface area (Å²) in [4.78, 5) is 0. The zero-order valence-corrected chi connectivity index (χ0v) is 18.2. The van der Waals surface area contributed by atoms with E-state index in [0.717, 1.165) is 30.8 Å². The molecule has 29 heavy (non-hydrogen) atoms. The first-order chi connectivity index (χ1) is 14.0. The van der Waals surface area contributed by atoms with Crippen molar-refractivity contribution in [3.8, 4) is 0 Å². The summed E-state index contributed by atoms with van der Waals surface area (Å²) in [5.74, 6) is 0. The predicted octanol–water partition coefficient (Wildman–Crippen LogP) is 6.39. The van der Waals surface area contributed by atoms with Gasteiger partial charge in [0.2, 0.25) is 0 Å². The van der Waals surface area contributed by atoms with Crippen LogP contribution in [0.4, 0.5) is 0 Å². The number of hydrogen-bond donors (Lipinski definition) is 2. The molecule has 0 unspecified atom stereocenters. The predicted molar refractivity (Wildman–Crippen MR) is 127 cm³/mol. The highest BCUT2D eigenvalue weighted by molar-refractivity contribution is 5.67. The Balaban J connectivity index is 1.44. The zero-order valence-electron chi connectivity index (χ0n) is 18.2. The molecule has 0 amide bonds. The molecule has 154 valence electrons. The van der Waals surface area contributed by atoms with Crippen LogP contribution in [0, 0.1) is 13.8 Å². The fourth-order valence-electron chi connectivity index (χ4n) is 4.11. The Kier molecular flexibility index (Phi) is 7.71. The lowest BCUT2D eigenvalue weighted by Gasteiger charge is -2.23. The average molecular weight is 389 g/mol. The van der Waals surface area contributed by atoms with E-state index in [1.807, 2.05) is 0 Å². The third kappa shape index (κ3) is 6.33. The van der Waals surface area contributed by atoms with Gasteiger partial charge in [-0.2, -0.15) is 0 Å². The summed E-state index contributed by atoms with van der Waals surface area (Å²) in [5, 5.41) is 7.18. The van der Waals surface area contributed by atoms with Gasteiger partial charge in [0.1, 0.15) is 0 Å². The van der Waals surface area contributed by atoms with Crippen LogP contribution in [-0.2, 0) is 6.54 Å². The van der Waals surface area contributed by atoms with Crippen LogP contribution in [-0.4, -0.2) is 12.6 Å². The van der Waals surface area contributed by atoms with Crippen molar-refractivity contribution < 1.29 is 0 Å². The minimum absolute atomic E-state index is 0.699. The minimum atomic E-state index is 0.699. The van der Waals surface area contributed by atoms with Gasteiger partial charge in [-0.1, -0.05) is 80.4 Å². The first-order valence-electron chi connectivity index (χ1n) is 11.0. The molecule has 0 heterocycles. The molecular formula is C27H36N2. The molecule has 1 aliphatic rings. The molecule has 2 nitrogen and oxygen atoms in total. The van der Waals surface area contributed by atoms with Crippen molar-refractivity contribution in [3.05, 3.63) is 83.4 Å². The summed E-state index contributed by atoms with van der Waals surface area (Å²) in [6.07, 6.45) is 7.71. The van der Waals surface area contributed by atoms with Crippen molar-refractivity contribution in [1.29, 1.82) is 0 Å². The highest BCUT2D eigenvalue weighted by Crippen LogP contribution is 2.22. The standard InChI is InChI=1S/C27H36N2/c1-20-10-11-21(2)27(18-20)22(3)16-17-28-23(4)25-14-12-24(13-15-25)19-29-26-8-6-5-7-9-26/h10-15,18,26,28-29H,3-9,16-17,19H2,1-2H3. The van der Waals surface area contributed by atoms with E-state index in [0.29, 0.717) is 6.04 Å². The second kappa shape index (κ2) is 10.5. The van der Waals surface area contributed by atoms with E-state index in [4.69, 9.17) is 0 Å². The Morgan fingerprint density at radius 3 is 2.41 bits per heavy atom. The van der Waals surface area contributed by atoms with Crippen molar-refractivity contribution in [2.45, 2.75) is 65.0 Å². The van der Waals surface area contributed by atoms with Gasteiger partial charge in [-0.15, -0.1) is 0 Å². The van der Waals surface area contributed by atoms with E-state index in [2.05, 4.69) is 80.1 Å². The third-order valence-corrected chi connectivity index (χ3v) is 6.04. The lowest BCUT2D eigenvalue weighted by molar-refractivity contribution is 0.372. The van der Waals surface area contributed by atoms with Crippen molar-refractivity contribution >= 4 is 11.3 Å². The summed E-state index contributed by atoms with van der Waals surface area (Å²) in [6.45, 7) is 14.6. The van der Waals surface area contributed by atoms with Crippen molar-refractivity contribution in [1.82, 2.24) is 10.6 Å². The van der Waals surface area contributed by atoms with Crippen LogP contribution in [0.15, 0.2) is 55.6 Å². The average Bonchev–Trinajstić information content (AvgIpc) is 2.75. The van der Waals surface area contributed by atoms with Gasteiger partial charge < -0.3 is 10.6 Å². The van der Waals surface area contributed by atoms with E-state index in [9.17, 15) is 0 Å². The molecular weight excluding hydrogens is 352 g/mol. The minimum Gasteiger partial charge on any atom is -0.385 e. The summed E-state index contributed by atoms with van der Waals surface area (Å²) in [7, 11) is 0. The van der Waals surface area contributed by atoms with Crippen LogP contribution in [0.2, 0.25) is 0 Å². The van der Waals surface area contributed by atoms with Gasteiger partial charge in [0.15, 0.2) is 0 Å². The number of nitrogens with one attached hydrogen (secondary N) is 2. The van der Waals surface area contributed by atoms with Gasteiger partial charge in [0, 0.05) is 24.8 Å². The van der Waals surface area contributed by atoms with Crippen LogP contribution in [0.1, 0.15) is 66.3 Å². The van der Waals surface area contributed by atoms with Gasteiger partial charge in [-0.25, -0.2) is 0 Å². The Bertz CT molecular complexity index is 826. The second-order valence-corrected chi connectivity index (χ2v) is 8.49. The molecule has 0 spiro atoms. The fourth-order valence-corrected chi connectivity index (χ4v) is 4.11. The lowest BCUT2D eigenvalue weighted by atomic mass is 9.95. The maximum absolute atomic E-state index is 4.29. The third-order valence-electron chi connectivity index (χ3n) is 6.04. The topological polar surface area (TPSA) is 24.1 Å². The van der Waals surface area contributed by atoms with Crippen LogP contribution in [0.5, 0.6) is 0 Å². The number of rotatable bonds is 9. The van der Waals surface area contributed by atoms with Gasteiger partial charge >= 0.3 is 0 Å². The lowest BCUT2D eigenvalue weighted by Crippen LogP contribution is -2.30. The van der Waals surface area contributed by atoms with Crippen LogP contribution in [0.3, 0.4) is 0 Å². The molecule has 0 saturated heterocycles. The summed E-state index contributed by atoms with van der Waals surface area (Å²) in [6, 6.07) is 16.0. The monoisotopic (exact) mass is 388 g/mol. The molecule has 1 fully saturated rings. The van der Waals surface area contributed by atoms with Crippen LogP contribution in [0.25, 0.3) is 11.3 Å². The summed E-state index contributed by atoms with van der Waals surface area (Å²) >= 11 is 0. The second-order valence-electron chi connectivity index (χ2n) is 8.49. The number of hydrogen-bond acceptors (Lipinski definition) is 2. The Morgan fingerprint density at radius 1 is 0.966 bits per heavy atom. The largest absolute Gasteiger partial charge is 0.385 e. The fraction of sp³-hybridized carbons (Fsp3) is 0.407. The SMILES string of the molecule is C=C(NCCC(=C)c1cc(C)ccc1C)c1ccc(CNC2CCCCC2)cc1. The first-order valence-corrected chi connectivity index (χ1v) is 11.0. The van der Waals surface area contributed by atoms with Gasteiger partial charge in [0.05, 0.1) is 0 Å². The molecule has 2 N–H and O–H groups in total. The maximum atomic E-state index is 4.29. The Morgan fingerprint density at radius 2 is 1.69 bits per heavy atom. The highest BCUT2D eigenvalue weighted by atomic mass is 14.9. The van der Waals surface area contributed by atoms with Crippen molar-refractivity contribution in [3.63, 3.8) is 0 Å². The molecule has 0 atom stereocenters. The van der Waals surface area contributed by atoms with Crippen LogP contribution >= 0.6 is 0 Å². The highest BCUT2D eigenvalue weighted by Gasteiger charge is 2.12. The molecule has 0 aliphatic heterocycles. The van der Waals surface area contributed by atoms with E-state index >= 15 is 0 Å². The Labute approximate surface area is 177 Å². The van der Waals surface area contributed by atoms with E-state index in [1.54, 1.807) is 0 Å². The molecule has 0 radical (unpaired) electrons. The van der Waals surface area contributed by atoms with Gasteiger partial charge in [0.25, 0.3) is 0 Å². The van der Waals surface area contributed by atoms with Gasteiger partial charge in [-0.3, -0.25) is 0 Å². The normalized spacial score (nSPS) is 14.6. The molecule has 0 aromatic heterocycles. The van der Waals surface area contributed by atoms with E-state index in [-0.39, 0.29) is 0 Å².